The number of hydrogen-bond donors (Lipinski definition) is 0. The molecule has 3 rings (SSSR count). The molecule has 0 fully saturated rings. The van der Waals surface area contributed by atoms with Gasteiger partial charge in [-0.1, -0.05) is 29.8 Å². The molecule has 0 radical (unpaired) electrons. The summed E-state index contributed by atoms with van der Waals surface area (Å²) >= 11 is 5.80. The highest BCUT2D eigenvalue weighted by Crippen LogP contribution is 2.28. The minimum Gasteiger partial charge on any atom is -0.437 e. The highest BCUT2D eigenvalue weighted by Gasteiger charge is 2.05. The van der Waals surface area contributed by atoms with Crippen molar-refractivity contribution in [3.63, 3.8) is 0 Å². The monoisotopic (exact) mass is 270 g/mol. The lowest BCUT2D eigenvalue weighted by atomic mass is 10.2. The van der Waals surface area contributed by atoms with Crippen LogP contribution in [0.4, 0.5) is 0 Å². The molecule has 0 bridgehead atoms. The SMILES string of the molecule is Cc1ccc2cccc(Oc3ccc(Cl)cn3)c2n1. The highest BCUT2D eigenvalue weighted by atomic mass is 35.5. The summed E-state index contributed by atoms with van der Waals surface area (Å²) in [5.41, 5.74) is 1.78. The zero-order chi connectivity index (χ0) is 13.2. The molecule has 0 amide bonds. The fraction of sp³-hybridized carbons (Fsp3) is 0.0667. The van der Waals surface area contributed by atoms with Gasteiger partial charge in [-0.25, -0.2) is 9.97 Å². The predicted molar refractivity (Wildman–Crippen MR) is 75.8 cm³/mol. The Kier molecular flexibility index (Phi) is 3.05. The molecule has 94 valence electrons. The fourth-order valence-electron chi connectivity index (χ4n) is 1.84. The zero-order valence-corrected chi connectivity index (χ0v) is 11.1. The number of benzene rings is 1. The molecular weight excluding hydrogens is 260 g/mol. The molecule has 2 heterocycles. The van der Waals surface area contributed by atoms with Crippen molar-refractivity contribution in [1.82, 2.24) is 9.97 Å². The molecule has 0 aliphatic carbocycles. The molecular formula is C15H11ClN2O. The standard InChI is InChI=1S/C15H11ClN2O/c1-10-5-6-11-3-2-4-13(15(11)18-10)19-14-8-7-12(16)9-17-14/h2-9H,1H3. The van der Waals surface area contributed by atoms with Gasteiger partial charge in [-0.05, 0) is 25.1 Å². The van der Waals surface area contributed by atoms with Crippen LogP contribution in [0.15, 0.2) is 48.7 Å². The largest absolute Gasteiger partial charge is 0.437 e. The van der Waals surface area contributed by atoms with Crippen LogP contribution in [-0.4, -0.2) is 9.97 Å². The zero-order valence-electron chi connectivity index (χ0n) is 10.3. The van der Waals surface area contributed by atoms with Crippen LogP contribution in [-0.2, 0) is 0 Å². The van der Waals surface area contributed by atoms with Gasteiger partial charge in [0.1, 0.15) is 5.52 Å². The first-order chi connectivity index (χ1) is 9.22. The number of halogens is 1. The first-order valence-electron chi connectivity index (χ1n) is 5.88. The molecule has 4 heteroatoms. The van der Waals surface area contributed by atoms with Crippen LogP contribution in [0.25, 0.3) is 10.9 Å². The van der Waals surface area contributed by atoms with E-state index in [9.17, 15) is 0 Å². The van der Waals surface area contributed by atoms with Gasteiger partial charge >= 0.3 is 0 Å². The van der Waals surface area contributed by atoms with Gasteiger partial charge in [0.05, 0.1) is 5.02 Å². The predicted octanol–water partition coefficient (Wildman–Crippen LogP) is 4.38. The van der Waals surface area contributed by atoms with Crippen molar-refractivity contribution < 1.29 is 4.74 Å². The number of para-hydroxylation sites is 1. The molecule has 0 aliphatic heterocycles. The number of rotatable bonds is 2. The molecule has 3 aromatic rings. The van der Waals surface area contributed by atoms with Crippen molar-refractivity contribution in [2.24, 2.45) is 0 Å². The van der Waals surface area contributed by atoms with E-state index >= 15 is 0 Å². The second-order valence-electron chi connectivity index (χ2n) is 4.20. The third-order valence-electron chi connectivity index (χ3n) is 2.74. The summed E-state index contributed by atoms with van der Waals surface area (Å²) in [5.74, 6) is 1.19. The smallest absolute Gasteiger partial charge is 0.219 e. The van der Waals surface area contributed by atoms with Gasteiger partial charge in [0, 0.05) is 23.3 Å². The number of nitrogens with zero attached hydrogens (tertiary/aromatic N) is 2. The minimum atomic E-state index is 0.500. The third kappa shape index (κ3) is 2.51. The van der Waals surface area contributed by atoms with Gasteiger partial charge in [-0.3, -0.25) is 0 Å². The van der Waals surface area contributed by atoms with E-state index in [2.05, 4.69) is 9.97 Å². The van der Waals surface area contributed by atoms with E-state index in [4.69, 9.17) is 16.3 Å². The van der Waals surface area contributed by atoms with E-state index < -0.39 is 0 Å². The molecule has 0 saturated carbocycles. The number of aromatic nitrogens is 2. The summed E-state index contributed by atoms with van der Waals surface area (Å²) in [5, 5.41) is 1.62. The molecule has 3 nitrogen and oxygen atoms in total. The Labute approximate surface area is 115 Å². The van der Waals surface area contributed by atoms with Gasteiger partial charge in [0.25, 0.3) is 0 Å². The summed E-state index contributed by atoms with van der Waals surface area (Å²) in [6, 6.07) is 13.3. The van der Waals surface area contributed by atoms with E-state index in [0.717, 1.165) is 16.6 Å². The van der Waals surface area contributed by atoms with Crippen LogP contribution in [0.2, 0.25) is 5.02 Å². The van der Waals surface area contributed by atoms with E-state index in [1.165, 1.54) is 0 Å². The van der Waals surface area contributed by atoms with Crippen LogP contribution in [0.1, 0.15) is 5.69 Å². The first-order valence-corrected chi connectivity index (χ1v) is 6.26. The van der Waals surface area contributed by atoms with Crippen molar-refractivity contribution in [2.45, 2.75) is 6.92 Å². The first kappa shape index (κ1) is 11.9. The van der Waals surface area contributed by atoms with Gasteiger partial charge in [0.15, 0.2) is 5.75 Å². The van der Waals surface area contributed by atoms with Crippen LogP contribution in [0.3, 0.4) is 0 Å². The van der Waals surface area contributed by atoms with Gasteiger partial charge in [-0.15, -0.1) is 0 Å². The fourth-order valence-corrected chi connectivity index (χ4v) is 1.95. The average molecular weight is 271 g/mol. The van der Waals surface area contributed by atoms with Gasteiger partial charge in [-0.2, -0.15) is 0 Å². The molecule has 0 aliphatic rings. The number of aryl methyl sites for hydroxylation is 1. The number of hydrogen-bond acceptors (Lipinski definition) is 3. The summed E-state index contributed by atoms with van der Waals surface area (Å²) in [7, 11) is 0. The number of ether oxygens (including phenoxy) is 1. The Morgan fingerprint density at radius 2 is 1.95 bits per heavy atom. The van der Waals surface area contributed by atoms with Crippen LogP contribution >= 0.6 is 11.6 Å². The van der Waals surface area contributed by atoms with Crippen LogP contribution in [0.5, 0.6) is 11.6 Å². The van der Waals surface area contributed by atoms with E-state index in [0.29, 0.717) is 16.7 Å². The van der Waals surface area contributed by atoms with Crippen molar-refractivity contribution in [2.75, 3.05) is 0 Å². The second kappa shape index (κ2) is 4.86. The second-order valence-corrected chi connectivity index (χ2v) is 4.63. The third-order valence-corrected chi connectivity index (χ3v) is 2.96. The highest BCUT2D eigenvalue weighted by molar-refractivity contribution is 6.30. The van der Waals surface area contributed by atoms with Crippen molar-refractivity contribution in [1.29, 1.82) is 0 Å². The lowest BCUT2D eigenvalue weighted by Crippen LogP contribution is -1.91. The van der Waals surface area contributed by atoms with Crippen LogP contribution < -0.4 is 4.74 Å². The lowest BCUT2D eigenvalue weighted by Gasteiger charge is -2.07. The summed E-state index contributed by atoms with van der Waals surface area (Å²) in [6.07, 6.45) is 1.56. The quantitative estimate of drug-likeness (QED) is 0.693. The number of fused-ring (bicyclic) bond motifs is 1. The summed E-state index contributed by atoms with van der Waals surface area (Å²) < 4.78 is 5.77. The van der Waals surface area contributed by atoms with Crippen molar-refractivity contribution in [3.05, 3.63) is 59.4 Å². The normalized spacial score (nSPS) is 10.6. The van der Waals surface area contributed by atoms with Crippen molar-refractivity contribution in [3.8, 4) is 11.6 Å². The molecule has 2 aromatic heterocycles. The maximum absolute atomic E-state index is 5.80. The topological polar surface area (TPSA) is 35.0 Å². The Morgan fingerprint density at radius 3 is 2.74 bits per heavy atom. The molecule has 19 heavy (non-hydrogen) atoms. The van der Waals surface area contributed by atoms with Gasteiger partial charge < -0.3 is 4.74 Å². The molecule has 0 N–H and O–H groups in total. The molecule has 1 aromatic carbocycles. The average Bonchev–Trinajstić information content (AvgIpc) is 2.42. The molecule has 0 spiro atoms. The van der Waals surface area contributed by atoms with E-state index in [1.54, 1.807) is 18.3 Å². The minimum absolute atomic E-state index is 0.500. The lowest BCUT2D eigenvalue weighted by molar-refractivity contribution is 0.467. The molecule has 0 saturated heterocycles. The van der Waals surface area contributed by atoms with E-state index in [1.807, 2.05) is 37.3 Å². The molecule has 0 unspecified atom stereocenters. The Morgan fingerprint density at radius 1 is 1.05 bits per heavy atom. The van der Waals surface area contributed by atoms with Gasteiger partial charge in [0.2, 0.25) is 5.88 Å². The Bertz CT molecular complexity index is 726. The van der Waals surface area contributed by atoms with Crippen molar-refractivity contribution >= 4 is 22.5 Å². The summed E-state index contributed by atoms with van der Waals surface area (Å²) in [6.45, 7) is 1.96. The van der Waals surface area contributed by atoms with E-state index in [-0.39, 0.29) is 0 Å². The summed E-state index contributed by atoms with van der Waals surface area (Å²) in [4.78, 5) is 8.63. The maximum Gasteiger partial charge on any atom is 0.219 e. The molecule has 0 atom stereocenters. The Hall–Kier alpha value is -2.13. The maximum atomic E-state index is 5.80. The number of pyridine rings is 2. The Balaban J connectivity index is 2.05. The van der Waals surface area contributed by atoms with Crippen LogP contribution in [0, 0.1) is 6.92 Å².